The number of nitrogens with one attached hydrogen (secondary N) is 1. The van der Waals surface area contributed by atoms with Gasteiger partial charge in [-0.25, -0.2) is 0 Å². The third-order valence-electron chi connectivity index (χ3n) is 5.34. The first-order chi connectivity index (χ1) is 11.7. The van der Waals surface area contributed by atoms with E-state index < -0.39 is 0 Å². The molecule has 1 aliphatic carbocycles. The molecular weight excluding hydrogens is 296 g/mol. The predicted molar refractivity (Wildman–Crippen MR) is 97.2 cm³/mol. The highest BCUT2D eigenvalue weighted by Gasteiger charge is 2.30. The Bertz CT molecular complexity index is 755. The van der Waals surface area contributed by atoms with E-state index in [9.17, 15) is 4.79 Å². The van der Waals surface area contributed by atoms with Crippen molar-refractivity contribution in [3.8, 4) is 0 Å². The molecule has 1 amide bonds. The number of benzene rings is 2. The summed E-state index contributed by atoms with van der Waals surface area (Å²) in [6, 6.07) is 17.0. The Hall–Kier alpha value is -2.13. The second-order valence-electron chi connectivity index (χ2n) is 6.90. The van der Waals surface area contributed by atoms with Gasteiger partial charge in [-0.1, -0.05) is 42.5 Å². The zero-order chi connectivity index (χ0) is 16.5. The fourth-order valence-electron chi connectivity index (χ4n) is 4.10. The van der Waals surface area contributed by atoms with Crippen molar-refractivity contribution in [1.82, 2.24) is 5.32 Å². The van der Waals surface area contributed by atoms with E-state index in [0.29, 0.717) is 0 Å². The van der Waals surface area contributed by atoms with E-state index in [0.717, 1.165) is 31.5 Å². The standard InChI is InChI=1S/C21H24N2O/c1-15(21(24)23-14-13-17-8-3-5-12-20(17)23)22-19-11-6-9-16-7-2-4-10-18(16)19/h2-5,7-8,10,12,15,19,22H,6,9,11,13-14H2,1H3/t15-,19+/m0/s1. The Morgan fingerprint density at radius 2 is 1.83 bits per heavy atom. The van der Waals surface area contributed by atoms with Gasteiger partial charge in [-0.05, 0) is 55.4 Å². The number of anilines is 1. The average Bonchev–Trinajstić information content (AvgIpc) is 3.05. The molecule has 4 rings (SSSR count). The quantitative estimate of drug-likeness (QED) is 0.936. The van der Waals surface area contributed by atoms with Crippen LogP contribution < -0.4 is 10.2 Å². The SMILES string of the molecule is C[C@H](N[C@@H]1CCCc2ccccc21)C(=O)N1CCc2ccccc21. The van der Waals surface area contributed by atoms with Crippen LogP contribution in [0.2, 0.25) is 0 Å². The second-order valence-corrected chi connectivity index (χ2v) is 6.90. The molecule has 124 valence electrons. The number of nitrogens with zero attached hydrogens (tertiary/aromatic N) is 1. The molecule has 0 saturated carbocycles. The number of hydrogen-bond donors (Lipinski definition) is 1. The van der Waals surface area contributed by atoms with Crippen LogP contribution >= 0.6 is 0 Å². The number of amides is 1. The van der Waals surface area contributed by atoms with Crippen LogP contribution in [-0.2, 0) is 17.6 Å². The van der Waals surface area contributed by atoms with E-state index in [1.54, 1.807) is 0 Å². The van der Waals surface area contributed by atoms with Gasteiger partial charge in [0.1, 0.15) is 0 Å². The van der Waals surface area contributed by atoms with E-state index in [2.05, 4.69) is 41.7 Å². The van der Waals surface area contributed by atoms with Crippen LogP contribution in [0.1, 0.15) is 42.5 Å². The van der Waals surface area contributed by atoms with E-state index in [-0.39, 0.29) is 18.0 Å². The maximum atomic E-state index is 13.0. The maximum absolute atomic E-state index is 13.0. The summed E-state index contributed by atoms with van der Waals surface area (Å²) in [5.74, 6) is 0.183. The van der Waals surface area contributed by atoms with Crippen LogP contribution in [0.5, 0.6) is 0 Å². The molecular formula is C21H24N2O. The Kier molecular flexibility index (Phi) is 4.11. The van der Waals surface area contributed by atoms with Crippen LogP contribution in [0, 0.1) is 0 Å². The lowest BCUT2D eigenvalue weighted by Gasteiger charge is -2.30. The van der Waals surface area contributed by atoms with Gasteiger partial charge < -0.3 is 4.90 Å². The number of aryl methyl sites for hydroxylation is 1. The first-order valence-electron chi connectivity index (χ1n) is 8.97. The molecule has 0 fully saturated rings. The van der Waals surface area contributed by atoms with Gasteiger partial charge in [0.15, 0.2) is 0 Å². The minimum Gasteiger partial charge on any atom is -0.310 e. The van der Waals surface area contributed by atoms with E-state index >= 15 is 0 Å². The van der Waals surface area contributed by atoms with Crippen LogP contribution in [0.25, 0.3) is 0 Å². The molecule has 2 aliphatic rings. The maximum Gasteiger partial charge on any atom is 0.243 e. The molecule has 1 N–H and O–H groups in total. The first-order valence-corrected chi connectivity index (χ1v) is 8.97. The highest BCUT2D eigenvalue weighted by molar-refractivity contribution is 5.98. The smallest absolute Gasteiger partial charge is 0.243 e. The largest absolute Gasteiger partial charge is 0.310 e. The van der Waals surface area contributed by atoms with Gasteiger partial charge in [-0.2, -0.15) is 0 Å². The molecule has 3 heteroatoms. The van der Waals surface area contributed by atoms with Gasteiger partial charge in [0.2, 0.25) is 5.91 Å². The molecule has 2 atom stereocenters. The van der Waals surface area contributed by atoms with Crippen molar-refractivity contribution in [1.29, 1.82) is 0 Å². The second kappa shape index (κ2) is 6.40. The number of rotatable bonds is 3. The minimum absolute atomic E-state index is 0.174. The van der Waals surface area contributed by atoms with Crippen LogP contribution in [0.4, 0.5) is 5.69 Å². The molecule has 3 nitrogen and oxygen atoms in total. The molecule has 0 bridgehead atoms. The third kappa shape index (κ3) is 2.73. The number of fused-ring (bicyclic) bond motifs is 2. The summed E-state index contributed by atoms with van der Waals surface area (Å²) in [7, 11) is 0. The molecule has 0 spiro atoms. The lowest BCUT2D eigenvalue weighted by molar-refractivity contribution is -0.120. The molecule has 24 heavy (non-hydrogen) atoms. The van der Waals surface area contributed by atoms with Crippen LogP contribution in [0.3, 0.4) is 0 Å². The summed E-state index contributed by atoms with van der Waals surface area (Å²) < 4.78 is 0. The normalized spacial score (nSPS) is 20.4. The van der Waals surface area contributed by atoms with Crippen LogP contribution in [0.15, 0.2) is 48.5 Å². The highest BCUT2D eigenvalue weighted by Crippen LogP contribution is 2.31. The van der Waals surface area contributed by atoms with E-state index in [1.807, 2.05) is 24.0 Å². The van der Waals surface area contributed by atoms with Crippen molar-refractivity contribution in [2.24, 2.45) is 0 Å². The number of carbonyl (C=O) groups is 1. The first kappa shape index (κ1) is 15.4. The molecule has 2 aromatic rings. The zero-order valence-corrected chi connectivity index (χ0v) is 14.2. The van der Waals surface area contributed by atoms with E-state index in [4.69, 9.17) is 0 Å². The third-order valence-corrected chi connectivity index (χ3v) is 5.34. The van der Waals surface area contributed by atoms with Crippen molar-refractivity contribution in [2.75, 3.05) is 11.4 Å². The van der Waals surface area contributed by atoms with Gasteiger partial charge >= 0.3 is 0 Å². The van der Waals surface area contributed by atoms with Crippen molar-refractivity contribution in [3.63, 3.8) is 0 Å². The summed E-state index contributed by atoms with van der Waals surface area (Å²) in [6.45, 7) is 2.80. The van der Waals surface area contributed by atoms with Gasteiger partial charge in [0.05, 0.1) is 6.04 Å². The Morgan fingerprint density at radius 1 is 1.08 bits per heavy atom. The average molecular weight is 320 g/mol. The lowest BCUT2D eigenvalue weighted by Crippen LogP contribution is -2.46. The van der Waals surface area contributed by atoms with E-state index in [1.165, 1.54) is 23.1 Å². The highest BCUT2D eigenvalue weighted by atomic mass is 16.2. The van der Waals surface area contributed by atoms with Crippen molar-refractivity contribution in [2.45, 2.75) is 44.7 Å². The van der Waals surface area contributed by atoms with Gasteiger partial charge in [0.25, 0.3) is 0 Å². The molecule has 1 aliphatic heterocycles. The summed E-state index contributed by atoms with van der Waals surface area (Å²) in [6.07, 6.45) is 4.39. The topological polar surface area (TPSA) is 32.3 Å². The molecule has 0 radical (unpaired) electrons. The summed E-state index contributed by atoms with van der Waals surface area (Å²) in [5.41, 5.74) is 5.15. The monoisotopic (exact) mass is 320 g/mol. The Balaban J connectivity index is 1.50. The summed E-state index contributed by atoms with van der Waals surface area (Å²) in [5, 5.41) is 3.59. The van der Waals surface area contributed by atoms with Crippen molar-refractivity contribution < 1.29 is 4.79 Å². The van der Waals surface area contributed by atoms with Gasteiger partial charge in [-0.15, -0.1) is 0 Å². The van der Waals surface area contributed by atoms with Gasteiger partial charge in [0, 0.05) is 18.3 Å². The minimum atomic E-state index is -0.174. The van der Waals surface area contributed by atoms with Gasteiger partial charge in [-0.3, -0.25) is 10.1 Å². The van der Waals surface area contributed by atoms with Crippen LogP contribution in [-0.4, -0.2) is 18.5 Å². The molecule has 2 aromatic carbocycles. The Labute approximate surface area is 143 Å². The fourth-order valence-corrected chi connectivity index (χ4v) is 4.10. The number of carbonyl (C=O) groups excluding carboxylic acids is 1. The zero-order valence-electron chi connectivity index (χ0n) is 14.2. The number of hydrogen-bond acceptors (Lipinski definition) is 2. The van der Waals surface area contributed by atoms with Crippen molar-refractivity contribution in [3.05, 3.63) is 65.2 Å². The summed E-state index contributed by atoms with van der Waals surface area (Å²) in [4.78, 5) is 14.9. The Morgan fingerprint density at radius 3 is 2.71 bits per heavy atom. The fraction of sp³-hybridized carbons (Fsp3) is 0.381. The predicted octanol–water partition coefficient (Wildman–Crippen LogP) is 3.63. The lowest BCUT2D eigenvalue weighted by atomic mass is 9.87. The molecule has 0 saturated heterocycles. The summed E-state index contributed by atoms with van der Waals surface area (Å²) >= 11 is 0. The molecule has 1 heterocycles. The molecule has 0 unspecified atom stereocenters. The number of para-hydroxylation sites is 1. The van der Waals surface area contributed by atoms with Crippen molar-refractivity contribution >= 4 is 11.6 Å². The molecule has 0 aromatic heterocycles.